The maximum absolute atomic E-state index is 12.3. The molecule has 0 spiro atoms. The van der Waals surface area contributed by atoms with Crippen molar-refractivity contribution in [1.82, 2.24) is 16.0 Å². The molecule has 1 aliphatic rings. The number of amides is 4. The van der Waals surface area contributed by atoms with Gasteiger partial charge in [0.15, 0.2) is 6.10 Å². The molecule has 0 bridgehead atoms. The zero-order valence-corrected chi connectivity index (χ0v) is 16.8. The minimum absolute atomic E-state index is 0.0703. The quantitative estimate of drug-likeness (QED) is 0.631. The fourth-order valence-electron chi connectivity index (χ4n) is 3.38. The third kappa shape index (κ3) is 5.79. The summed E-state index contributed by atoms with van der Waals surface area (Å²) in [6, 6.07) is 12.3. The standard InChI is InChI=1S/C22H25N3O5/c1-14(20(27)25-22(29)24-18-8-4-5-9-18)30-19(26)13-23-21(28)17-11-10-15-6-2-3-7-16(15)12-17/h2-3,6-7,10-12,14,18H,4-5,8-9,13H2,1H3,(H,23,28)(H2,24,25,27,29). The van der Waals surface area contributed by atoms with Gasteiger partial charge in [-0.25, -0.2) is 4.79 Å². The molecule has 0 saturated heterocycles. The molecule has 0 aliphatic heterocycles. The second-order valence-electron chi connectivity index (χ2n) is 7.32. The SMILES string of the molecule is CC(OC(=O)CNC(=O)c1ccc2ccccc2c1)C(=O)NC(=O)NC1CCCC1. The normalized spacial score (nSPS) is 14.7. The molecule has 1 fully saturated rings. The topological polar surface area (TPSA) is 114 Å². The Morgan fingerprint density at radius 1 is 1.03 bits per heavy atom. The van der Waals surface area contributed by atoms with Gasteiger partial charge in [0.05, 0.1) is 0 Å². The molecule has 1 unspecified atom stereocenters. The van der Waals surface area contributed by atoms with Gasteiger partial charge in [0, 0.05) is 11.6 Å². The highest BCUT2D eigenvalue weighted by molar-refractivity contribution is 6.00. The van der Waals surface area contributed by atoms with Gasteiger partial charge in [-0.2, -0.15) is 0 Å². The number of urea groups is 1. The van der Waals surface area contributed by atoms with Gasteiger partial charge in [-0.1, -0.05) is 43.2 Å². The molecule has 2 aromatic rings. The number of benzene rings is 2. The lowest BCUT2D eigenvalue weighted by Gasteiger charge is -2.15. The van der Waals surface area contributed by atoms with E-state index in [2.05, 4.69) is 16.0 Å². The Balaban J connectivity index is 1.42. The molecule has 158 valence electrons. The van der Waals surface area contributed by atoms with Crippen LogP contribution < -0.4 is 16.0 Å². The summed E-state index contributed by atoms with van der Waals surface area (Å²) in [6.45, 7) is 0.971. The Kier molecular flexibility index (Phi) is 7.00. The van der Waals surface area contributed by atoms with Gasteiger partial charge >= 0.3 is 12.0 Å². The van der Waals surface area contributed by atoms with Crippen LogP contribution in [0, 0.1) is 0 Å². The molecule has 3 N–H and O–H groups in total. The van der Waals surface area contributed by atoms with Crippen LogP contribution in [0.15, 0.2) is 42.5 Å². The van der Waals surface area contributed by atoms with Crippen LogP contribution in [0.1, 0.15) is 43.0 Å². The van der Waals surface area contributed by atoms with E-state index < -0.39 is 36.5 Å². The van der Waals surface area contributed by atoms with Gasteiger partial charge in [-0.15, -0.1) is 0 Å². The van der Waals surface area contributed by atoms with Gasteiger partial charge in [0.2, 0.25) is 0 Å². The minimum atomic E-state index is -1.16. The van der Waals surface area contributed by atoms with Crippen LogP contribution in [-0.2, 0) is 14.3 Å². The second-order valence-corrected chi connectivity index (χ2v) is 7.32. The van der Waals surface area contributed by atoms with Crippen molar-refractivity contribution in [1.29, 1.82) is 0 Å². The fraction of sp³-hybridized carbons (Fsp3) is 0.364. The zero-order valence-electron chi connectivity index (χ0n) is 16.8. The van der Waals surface area contributed by atoms with Gasteiger partial charge in [0.25, 0.3) is 11.8 Å². The smallest absolute Gasteiger partial charge is 0.326 e. The maximum Gasteiger partial charge on any atom is 0.326 e. The van der Waals surface area contributed by atoms with Gasteiger partial charge in [-0.3, -0.25) is 19.7 Å². The Morgan fingerprint density at radius 2 is 1.73 bits per heavy atom. The summed E-state index contributed by atoms with van der Waals surface area (Å²) in [7, 11) is 0. The van der Waals surface area contributed by atoms with Crippen molar-refractivity contribution < 1.29 is 23.9 Å². The van der Waals surface area contributed by atoms with Crippen molar-refractivity contribution in [3.05, 3.63) is 48.0 Å². The summed E-state index contributed by atoms with van der Waals surface area (Å²) >= 11 is 0. The van der Waals surface area contributed by atoms with Crippen LogP contribution in [0.25, 0.3) is 10.8 Å². The van der Waals surface area contributed by atoms with Gasteiger partial charge in [0.1, 0.15) is 6.54 Å². The molecule has 0 radical (unpaired) electrons. The monoisotopic (exact) mass is 411 g/mol. The highest BCUT2D eigenvalue weighted by Gasteiger charge is 2.22. The number of hydrogen-bond donors (Lipinski definition) is 3. The Bertz CT molecular complexity index is 953. The van der Waals surface area contributed by atoms with Crippen molar-refractivity contribution in [3.8, 4) is 0 Å². The predicted molar refractivity (Wildman–Crippen MR) is 111 cm³/mol. The summed E-state index contributed by atoms with van der Waals surface area (Å²) in [4.78, 5) is 48.1. The highest BCUT2D eigenvalue weighted by atomic mass is 16.5. The Morgan fingerprint density at radius 3 is 2.47 bits per heavy atom. The van der Waals surface area contributed by atoms with Crippen LogP contribution in [0.5, 0.6) is 0 Å². The number of carbonyl (C=O) groups excluding carboxylic acids is 4. The lowest BCUT2D eigenvalue weighted by molar-refractivity contribution is -0.153. The number of carbonyl (C=O) groups is 4. The first-order valence-corrected chi connectivity index (χ1v) is 10.0. The Labute approximate surface area is 174 Å². The van der Waals surface area contributed by atoms with E-state index in [9.17, 15) is 19.2 Å². The van der Waals surface area contributed by atoms with E-state index in [0.717, 1.165) is 36.5 Å². The summed E-state index contributed by atoms with van der Waals surface area (Å²) in [6.07, 6.45) is 2.73. The minimum Gasteiger partial charge on any atom is -0.451 e. The number of hydrogen-bond acceptors (Lipinski definition) is 5. The summed E-state index contributed by atoms with van der Waals surface area (Å²) in [5.74, 6) is -1.92. The predicted octanol–water partition coefficient (Wildman–Crippen LogP) is 2.27. The van der Waals surface area contributed by atoms with Crippen molar-refractivity contribution in [2.24, 2.45) is 0 Å². The van der Waals surface area contributed by atoms with E-state index in [-0.39, 0.29) is 6.04 Å². The van der Waals surface area contributed by atoms with Crippen LogP contribution >= 0.6 is 0 Å². The third-order valence-electron chi connectivity index (χ3n) is 5.01. The van der Waals surface area contributed by atoms with Crippen LogP contribution in [0.3, 0.4) is 0 Å². The number of esters is 1. The van der Waals surface area contributed by atoms with E-state index >= 15 is 0 Å². The average Bonchev–Trinajstić information content (AvgIpc) is 3.24. The average molecular weight is 411 g/mol. The molecule has 1 aliphatic carbocycles. The molecular weight excluding hydrogens is 386 g/mol. The molecule has 8 heteroatoms. The van der Waals surface area contributed by atoms with E-state index in [0.29, 0.717) is 5.56 Å². The molecule has 2 aromatic carbocycles. The first kappa shape index (κ1) is 21.3. The van der Waals surface area contributed by atoms with Crippen LogP contribution in [0.2, 0.25) is 0 Å². The number of imide groups is 1. The van der Waals surface area contributed by atoms with E-state index in [1.54, 1.807) is 12.1 Å². The van der Waals surface area contributed by atoms with Crippen molar-refractivity contribution >= 4 is 34.6 Å². The zero-order chi connectivity index (χ0) is 21.5. The number of ether oxygens (including phenoxy) is 1. The second kappa shape index (κ2) is 9.87. The summed E-state index contributed by atoms with van der Waals surface area (Å²) in [5, 5.41) is 9.27. The Hall–Kier alpha value is -3.42. The van der Waals surface area contributed by atoms with Gasteiger partial charge in [-0.05, 0) is 42.7 Å². The van der Waals surface area contributed by atoms with Gasteiger partial charge < -0.3 is 15.4 Å². The molecular formula is C22H25N3O5. The number of fused-ring (bicyclic) bond motifs is 1. The van der Waals surface area contributed by atoms with Crippen molar-refractivity contribution in [3.63, 3.8) is 0 Å². The molecule has 4 amide bonds. The largest absolute Gasteiger partial charge is 0.451 e. The van der Waals surface area contributed by atoms with Crippen LogP contribution in [0.4, 0.5) is 4.79 Å². The summed E-state index contributed by atoms with van der Waals surface area (Å²) < 4.78 is 4.99. The summed E-state index contributed by atoms with van der Waals surface area (Å²) in [5.41, 5.74) is 0.413. The number of nitrogens with one attached hydrogen (secondary N) is 3. The van der Waals surface area contributed by atoms with Crippen molar-refractivity contribution in [2.75, 3.05) is 6.54 Å². The maximum atomic E-state index is 12.3. The fourth-order valence-corrected chi connectivity index (χ4v) is 3.38. The molecule has 0 aromatic heterocycles. The lowest BCUT2D eigenvalue weighted by Crippen LogP contribution is -2.47. The molecule has 0 heterocycles. The van der Waals surface area contributed by atoms with E-state index in [4.69, 9.17) is 4.74 Å². The molecule has 1 atom stereocenters. The number of rotatable bonds is 6. The highest BCUT2D eigenvalue weighted by Crippen LogP contribution is 2.17. The molecule has 3 rings (SSSR count). The van der Waals surface area contributed by atoms with Crippen molar-refractivity contribution in [2.45, 2.75) is 44.8 Å². The lowest BCUT2D eigenvalue weighted by atomic mass is 10.1. The first-order valence-electron chi connectivity index (χ1n) is 10.0. The first-order chi connectivity index (χ1) is 14.4. The van der Waals surface area contributed by atoms with E-state index in [1.807, 2.05) is 30.3 Å². The molecule has 30 heavy (non-hydrogen) atoms. The van der Waals surface area contributed by atoms with E-state index in [1.165, 1.54) is 6.92 Å². The third-order valence-corrected chi connectivity index (χ3v) is 5.01. The molecule has 8 nitrogen and oxygen atoms in total. The van der Waals surface area contributed by atoms with Crippen LogP contribution in [-0.4, -0.2) is 42.5 Å². The molecule has 1 saturated carbocycles.